The van der Waals surface area contributed by atoms with E-state index in [9.17, 15) is 4.79 Å². The molecule has 1 aliphatic rings. The molecule has 4 aromatic rings. The monoisotopic (exact) mass is 363 g/mol. The predicted molar refractivity (Wildman–Crippen MR) is 95.2 cm³/mol. The molecule has 5 rings (SSSR count). The molecule has 1 unspecified atom stereocenters. The maximum atomic E-state index is 13.1. The molecule has 5 heterocycles. The summed E-state index contributed by atoms with van der Waals surface area (Å²) in [5.41, 5.74) is 2.11. The number of aromatic nitrogens is 4. The van der Waals surface area contributed by atoms with E-state index in [-0.39, 0.29) is 11.8 Å². The van der Waals surface area contributed by atoms with Crippen LogP contribution in [0.1, 0.15) is 34.3 Å². The van der Waals surface area contributed by atoms with Crippen LogP contribution in [0.3, 0.4) is 0 Å². The Kier molecular flexibility index (Phi) is 3.56. The van der Waals surface area contributed by atoms with E-state index in [0.717, 1.165) is 17.8 Å². The van der Waals surface area contributed by atoms with Gasteiger partial charge in [0.25, 0.3) is 11.8 Å². The maximum absolute atomic E-state index is 13.1. The zero-order valence-corrected chi connectivity index (χ0v) is 14.7. The first-order chi connectivity index (χ1) is 13.2. The number of amides is 1. The number of rotatable bonds is 3. The largest absolute Gasteiger partial charge is 0.459 e. The molecule has 4 aromatic heterocycles. The molecule has 0 saturated carbocycles. The fourth-order valence-corrected chi connectivity index (χ4v) is 3.58. The Hall–Kier alpha value is -3.42. The molecular weight excluding hydrogens is 346 g/mol. The first-order valence-corrected chi connectivity index (χ1v) is 8.81. The van der Waals surface area contributed by atoms with Crippen LogP contribution < -0.4 is 0 Å². The normalized spacial score (nSPS) is 17.1. The molecule has 0 aliphatic carbocycles. The van der Waals surface area contributed by atoms with Gasteiger partial charge >= 0.3 is 0 Å². The van der Waals surface area contributed by atoms with E-state index in [2.05, 4.69) is 15.1 Å². The minimum Gasteiger partial charge on any atom is -0.459 e. The minimum atomic E-state index is -0.0246. The highest BCUT2D eigenvalue weighted by atomic mass is 16.5. The Morgan fingerprint density at radius 2 is 2.15 bits per heavy atom. The number of carbonyl (C=O) groups is 1. The van der Waals surface area contributed by atoms with E-state index >= 15 is 0 Å². The van der Waals surface area contributed by atoms with Gasteiger partial charge in [0.2, 0.25) is 0 Å². The fourth-order valence-electron chi connectivity index (χ4n) is 3.58. The number of hydrogen-bond acceptors (Lipinski definition) is 6. The van der Waals surface area contributed by atoms with Gasteiger partial charge in [-0.05, 0) is 37.6 Å². The molecule has 0 spiro atoms. The van der Waals surface area contributed by atoms with Gasteiger partial charge < -0.3 is 13.8 Å². The lowest BCUT2D eigenvalue weighted by atomic mass is 10.1. The number of carbonyl (C=O) groups excluding carboxylic acids is 1. The van der Waals surface area contributed by atoms with Crippen molar-refractivity contribution in [3.8, 4) is 11.7 Å². The van der Waals surface area contributed by atoms with Crippen molar-refractivity contribution in [3.63, 3.8) is 0 Å². The molecule has 0 N–H and O–H groups in total. The van der Waals surface area contributed by atoms with E-state index in [4.69, 9.17) is 8.94 Å². The van der Waals surface area contributed by atoms with Crippen molar-refractivity contribution in [1.82, 2.24) is 24.4 Å². The Labute approximate surface area is 154 Å². The number of pyridine rings is 1. The van der Waals surface area contributed by atoms with Crippen LogP contribution in [0.5, 0.6) is 0 Å². The minimum absolute atomic E-state index is 0.0246. The topological polar surface area (TPSA) is 89.7 Å². The van der Waals surface area contributed by atoms with E-state index in [0.29, 0.717) is 36.3 Å². The Morgan fingerprint density at radius 1 is 1.22 bits per heavy atom. The molecule has 0 bridgehead atoms. The van der Waals surface area contributed by atoms with Crippen LogP contribution in [0, 0.1) is 6.92 Å². The van der Waals surface area contributed by atoms with Crippen LogP contribution in [0.15, 0.2) is 51.7 Å². The lowest BCUT2D eigenvalue weighted by Gasteiger charge is -2.16. The zero-order valence-electron chi connectivity index (χ0n) is 14.7. The highest BCUT2D eigenvalue weighted by Crippen LogP contribution is 2.29. The van der Waals surface area contributed by atoms with Crippen LogP contribution in [0.25, 0.3) is 17.3 Å². The average Bonchev–Trinajstić information content (AvgIpc) is 3.45. The van der Waals surface area contributed by atoms with E-state index in [1.807, 2.05) is 40.6 Å². The molecule has 0 aromatic carbocycles. The van der Waals surface area contributed by atoms with Gasteiger partial charge in [-0.1, -0.05) is 11.2 Å². The van der Waals surface area contributed by atoms with Gasteiger partial charge in [0.1, 0.15) is 11.3 Å². The first kappa shape index (κ1) is 15.8. The quantitative estimate of drug-likeness (QED) is 0.556. The third-order valence-electron chi connectivity index (χ3n) is 4.92. The third-order valence-corrected chi connectivity index (χ3v) is 4.92. The van der Waals surface area contributed by atoms with Gasteiger partial charge in [0.05, 0.1) is 12.0 Å². The van der Waals surface area contributed by atoms with Crippen molar-refractivity contribution >= 4 is 11.6 Å². The second kappa shape index (κ2) is 6.08. The van der Waals surface area contributed by atoms with Crippen molar-refractivity contribution < 1.29 is 13.7 Å². The number of imidazole rings is 1. The molecular formula is C19H17N5O3. The van der Waals surface area contributed by atoms with Crippen LogP contribution in [0.4, 0.5) is 0 Å². The summed E-state index contributed by atoms with van der Waals surface area (Å²) in [6.45, 7) is 3.06. The van der Waals surface area contributed by atoms with Crippen LogP contribution in [-0.4, -0.2) is 43.4 Å². The highest BCUT2D eigenvalue weighted by molar-refractivity contribution is 5.95. The van der Waals surface area contributed by atoms with Crippen molar-refractivity contribution in [3.05, 3.63) is 60.0 Å². The molecule has 1 saturated heterocycles. The molecule has 1 fully saturated rings. The van der Waals surface area contributed by atoms with Gasteiger partial charge in [0, 0.05) is 25.2 Å². The second-order valence-electron chi connectivity index (χ2n) is 6.65. The Balaban J connectivity index is 1.37. The summed E-state index contributed by atoms with van der Waals surface area (Å²) in [6.07, 6.45) is 4.22. The summed E-state index contributed by atoms with van der Waals surface area (Å²) >= 11 is 0. The molecule has 1 aliphatic heterocycles. The lowest BCUT2D eigenvalue weighted by molar-refractivity contribution is 0.0782. The Bertz CT molecular complexity index is 1110. The van der Waals surface area contributed by atoms with Gasteiger partial charge in [-0.25, -0.2) is 4.98 Å². The summed E-state index contributed by atoms with van der Waals surface area (Å²) in [5, 5.41) is 4.08. The first-order valence-electron chi connectivity index (χ1n) is 8.81. The highest BCUT2D eigenvalue weighted by Gasteiger charge is 2.33. The lowest BCUT2D eigenvalue weighted by Crippen LogP contribution is -2.30. The average molecular weight is 363 g/mol. The van der Waals surface area contributed by atoms with Gasteiger partial charge in [-0.3, -0.25) is 9.20 Å². The molecule has 1 atom stereocenters. The van der Waals surface area contributed by atoms with Crippen molar-refractivity contribution in [1.29, 1.82) is 0 Å². The SMILES string of the molecule is Cc1nc2ccccn2c1C(=O)N1CCC(c2noc(-c3ccco3)n2)C1. The third kappa shape index (κ3) is 2.61. The van der Waals surface area contributed by atoms with Crippen LogP contribution >= 0.6 is 0 Å². The van der Waals surface area contributed by atoms with Crippen molar-refractivity contribution in [2.75, 3.05) is 13.1 Å². The number of aryl methyl sites for hydroxylation is 1. The fraction of sp³-hybridized carbons (Fsp3) is 0.263. The van der Waals surface area contributed by atoms with Gasteiger partial charge in [-0.2, -0.15) is 4.98 Å². The number of furan rings is 1. The summed E-state index contributed by atoms with van der Waals surface area (Å²) < 4.78 is 12.4. The molecule has 8 heteroatoms. The van der Waals surface area contributed by atoms with Gasteiger partial charge in [0.15, 0.2) is 11.6 Å². The standard InChI is InChI=1S/C19H17N5O3/c1-12-16(24-8-3-2-6-15(24)20-12)19(25)23-9-7-13(11-23)17-21-18(27-22-17)14-5-4-10-26-14/h2-6,8,10,13H,7,9,11H2,1H3. The molecule has 136 valence electrons. The van der Waals surface area contributed by atoms with E-state index < -0.39 is 0 Å². The zero-order chi connectivity index (χ0) is 18.4. The maximum Gasteiger partial charge on any atom is 0.293 e. The summed E-state index contributed by atoms with van der Waals surface area (Å²) in [6, 6.07) is 9.25. The molecule has 27 heavy (non-hydrogen) atoms. The van der Waals surface area contributed by atoms with Crippen LogP contribution in [0.2, 0.25) is 0 Å². The van der Waals surface area contributed by atoms with Crippen molar-refractivity contribution in [2.45, 2.75) is 19.3 Å². The number of hydrogen-bond donors (Lipinski definition) is 0. The predicted octanol–water partition coefficient (Wildman–Crippen LogP) is 2.92. The van der Waals surface area contributed by atoms with E-state index in [1.165, 1.54) is 0 Å². The summed E-state index contributed by atoms with van der Waals surface area (Å²) in [5.74, 6) is 1.52. The summed E-state index contributed by atoms with van der Waals surface area (Å²) in [7, 11) is 0. The number of nitrogens with zero attached hydrogens (tertiary/aromatic N) is 5. The molecule has 0 radical (unpaired) electrons. The number of likely N-dealkylation sites (tertiary alicyclic amines) is 1. The number of fused-ring (bicyclic) bond motifs is 1. The second-order valence-corrected chi connectivity index (χ2v) is 6.65. The smallest absolute Gasteiger partial charge is 0.293 e. The Morgan fingerprint density at radius 3 is 3.00 bits per heavy atom. The summed E-state index contributed by atoms with van der Waals surface area (Å²) in [4.78, 5) is 23.8. The molecule has 8 nitrogen and oxygen atoms in total. The molecule has 1 amide bonds. The van der Waals surface area contributed by atoms with Crippen molar-refractivity contribution in [2.24, 2.45) is 0 Å². The van der Waals surface area contributed by atoms with Crippen LogP contribution in [-0.2, 0) is 0 Å². The van der Waals surface area contributed by atoms with E-state index in [1.54, 1.807) is 18.4 Å². The van der Waals surface area contributed by atoms with Gasteiger partial charge in [-0.15, -0.1) is 0 Å².